The van der Waals surface area contributed by atoms with Crippen molar-refractivity contribution in [2.75, 3.05) is 12.4 Å². The van der Waals surface area contributed by atoms with Gasteiger partial charge in [0.2, 0.25) is 5.91 Å². The molecule has 1 atom stereocenters. The maximum atomic E-state index is 13.1. The van der Waals surface area contributed by atoms with Crippen LogP contribution in [-0.4, -0.2) is 41.6 Å². The summed E-state index contributed by atoms with van der Waals surface area (Å²) >= 11 is 5.90. The fraction of sp³-hybridized carbons (Fsp3) is 0.120. The SMILES string of the molecule is COc1ccccc1NC(=O)CC(=O)N1N=C(c2ccccc2)[C@@H](N=Nc2ccc(Cl)cc2)C1=O. The number of ether oxygens (including phenoxy) is 1. The molecule has 0 unspecified atom stereocenters. The van der Waals surface area contributed by atoms with Gasteiger partial charge in [-0.2, -0.15) is 20.3 Å². The molecule has 1 heterocycles. The number of imide groups is 1. The van der Waals surface area contributed by atoms with E-state index in [9.17, 15) is 14.4 Å². The predicted octanol–water partition coefficient (Wildman–Crippen LogP) is 4.60. The largest absolute Gasteiger partial charge is 0.495 e. The van der Waals surface area contributed by atoms with Crippen molar-refractivity contribution in [2.24, 2.45) is 15.3 Å². The summed E-state index contributed by atoms with van der Waals surface area (Å²) in [5.74, 6) is -1.66. The van der Waals surface area contributed by atoms with Crippen LogP contribution in [0.4, 0.5) is 11.4 Å². The standard InChI is InChI=1S/C25H20ClN5O4/c1-35-20-10-6-5-9-19(20)27-21(32)15-22(33)31-25(34)24(23(30-31)16-7-3-2-4-8-16)29-28-18-13-11-17(26)12-14-18/h2-14,24H,15H2,1H3,(H,27,32)/t24-/m1/s1. The van der Waals surface area contributed by atoms with Crippen molar-refractivity contribution < 1.29 is 19.1 Å². The number of amides is 3. The van der Waals surface area contributed by atoms with Crippen LogP contribution in [0, 0.1) is 0 Å². The van der Waals surface area contributed by atoms with Gasteiger partial charge in [0.05, 0.1) is 18.5 Å². The number of carbonyl (C=O) groups is 3. The highest BCUT2D eigenvalue weighted by molar-refractivity contribution is 6.30. The summed E-state index contributed by atoms with van der Waals surface area (Å²) in [6, 6.07) is 21.1. The predicted molar refractivity (Wildman–Crippen MR) is 131 cm³/mol. The molecule has 10 heteroatoms. The Hall–Kier alpha value is -4.37. The summed E-state index contributed by atoms with van der Waals surface area (Å²) in [5, 5.41) is 16.3. The van der Waals surface area contributed by atoms with Gasteiger partial charge < -0.3 is 10.1 Å². The van der Waals surface area contributed by atoms with Crippen LogP contribution in [0.15, 0.2) is 94.2 Å². The van der Waals surface area contributed by atoms with E-state index in [0.29, 0.717) is 32.7 Å². The van der Waals surface area contributed by atoms with Crippen LogP contribution in [-0.2, 0) is 14.4 Å². The van der Waals surface area contributed by atoms with Crippen LogP contribution in [0.5, 0.6) is 5.75 Å². The second-order valence-electron chi connectivity index (χ2n) is 7.41. The van der Waals surface area contributed by atoms with Gasteiger partial charge in [0, 0.05) is 10.6 Å². The van der Waals surface area contributed by atoms with E-state index in [4.69, 9.17) is 16.3 Å². The van der Waals surface area contributed by atoms with Crippen molar-refractivity contribution in [2.45, 2.75) is 12.5 Å². The fourth-order valence-corrected chi connectivity index (χ4v) is 3.46. The number of carbonyl (C=O) groups excluding carboxylic acids is 3. The molecule has 0 fully saturated rings. The first-order chi connectivity index (χ1) is 17.0. The zero-order valence-electron chi connectivity index (χ0n) is 18.6. The fourth-order valence-electron chi connectivity index (χ4n) is 3.34. The highest BCUT2D eigenvalue weighted by Crippen LogP contribution is 2.25. The normalized spacial score (nSPS) is 15.3. The highest BCUT2D eigenvalue weighted by Gasteiger charge is 2.40. The molecule has 0 saturated carbocycles. The lowest BCUT2D eigenvalue weighted by Crippen LogP contribution is -2.36. The Morgan fingerprint density at radius 1 is 1.03 bits per heavy atom. The Kier molecular flexibility index (Phi) is 7.27. The molecule has 0 aliphatic carbocycles. The van der Waals surface area contributed by atoms with E-state index in [-0.39, 0.29) is 5.71 Å². The summed E-state index contributed by atoms with van der Waals surface area (Å²) in [7, 11) is 1.47. The average molecular weight is 490 g/mol. The molecule has 0 aromatic heterocycles. The van der Waals surface area contributed by atoms with Crippen LogP contribution in [0.3, 0.4) is 0 Å². The van der Waals surface area contributed by atoms with E-state index in [1.54, 1.807) is 72.8 Å². The maximum absolute atomic E-state index is 13.1. The summed E-state index contributed by atoms with van der Waals surface area (Å²) in [4.78, 5) is 38.5. The molecular formula is C25H20ClN5O4. The number of benzene rings is 3. The minimum atomic E-state index is -1.14. The minimum Gasteiger partial charge on any atom is -0.495 e. The Morgan fingerprint density at radius 2 is 1.71 bits per heavy atom. The lowest BCUT2D eigenvalue weighted by atomic mass is 10.0. The van der Waals surface area contributed by atoms with Crippen molar-refractivity contribution in [3.63, 3.8) is 0 Å². The lowest BCUT2D eigenvalue weighted by molar-refractivity contribution is -0.144. The molecule has 0 radical (unpaired) electrons. The van der Waals surface area contributed by atoms with Crippen molar-refractivity contribution in [1.29, 1.82) is 0 Å². The van der Waals surface area contributed by atoms with E-state index in [0.717, 1.165) is 0 Å². The van der Waals surface area contributed by atoms with Crippen LogP contribution in [0.25, 0.3) is 0 Å². The first-order valence-corrected chi connectivity index (χ1v) is 10.9. The Morgan fingerprint density at radius 3 is 2.43 bits per heavy atom. The Balaban J connectivity index is 1.54. The quantitative estimate of drug-likeness (QED) is 0.386. The molecule has 35 heavy (non-hydrogen) atoms. The van der Waals surface area contributed by atoms with Crippen LogP contribution in [0.2, 0.25) is 5.02 Å². The van der Waals surface area contributed by atoms with E-state index in [1.165, 1.54) is 7.11 Å². The summed E-state index contributed by atoms with van der Waals surface area (Å²) in [6.45, 7) is 0. The molecule has 1 aliphatic rings. The third kappa shape index (κ3) is 5.59. The van der Waals surface area contributed by atoms with Gasteiger partial charge in [-0.3, -0.25) is 14.4 Å². The topological polar surface area (TPSA) is 113 Å². The number of para-hydroxylation sites is 2. The molecule has 3 amide bonds. The van der Waals surface area contributed by atoms with Gasteiger partial charge in [-0.1, -0.05) is 54.1 Å². The number of halogens is 1. The molecule has 4 rings (SSSR count). The maximum Gasteiger partial charge on any atom is 0.282 e. The van der Waals surface area contributed by atoms with Crippen molar-refractivity contribution >= 4 is 46.4 Å². The number of anilines is 1. The summed E-state index contributed by atoms with van der Waals surface area (Å²) in [5.41, 5.74) is 1.75. The number of nitrogens with one attached hydrogen (secondary N) is 1. The minimum absolute atomic E-state index is 0.256. The van der Waals surface area contributed by atoms with Crippen LogP contribution >= 0.6 is 11.6 Å². The molecule has 0 spiro atoms. The second kappa shape index (κ2) is 10.7. The smallest absolute Gasteiger partial charge is 0.282 e. The molecule has 0 saturated heterocycles. The van der Waals surface area contributed by atoms with Gasteiger partial charge in [0.1, 0.15) is 17.9 Å². The lowest BCUT2D eigenvalue weighted by Gasteiger charge is -2.12. The monoisotopic (exact) mass is 489 g/mol. The van der Waals surface area contributed by atoms with Crippen LogP contribution < -0.4 is 10.1 Å². The van der Waals surface area contributed by atoms with Gasteiger partial charge in [0.15, 0.2) is 6.04 Å². The van der Waals surface area contributed by atoms with Crippen molar-refractivity contribution in [3.05, 3.63) is 89.4 Å². The highest BCUT2D eigenvalue weighted by atomic mass is 35.5. The average Bonchev–Trinajstić information content (AvgIpc) is 3.20. The van der Waals surface area contributed by atoms with Crippen molar-refractivity contribution in [3.8, 4) is 5.75 Å². The zero-order valence-corrected chi connectivity index (χ0v) is 19.3. The van der Waals surface area contributed by atoms with Gasteiger partial charge in [-0.15, -0.1) is 0 Å². The second-order valence-corrected chi connectivity index (χ2v) is 7.85. The van der Waals surface area contributed by atoms with Gasteiger partial charge in [-0.05, 0) is 36.4 Å². The molecule has 3 aromatic carbocycles. The van der Waals surface area contributed by atoms with Gasteiger partial charge in [0.25, 0.3) is 11.8 Å². The van der Waals surface area contributed by atoms with E-state index in [1.807, 2.05) is 6.07 Å². The number of hydrogen-bond acceptors (Lipinski definition) is 7. The number of rotatable bonds is 7. The zero-order chi connectivity index (χ0) is 24.8. The Labute approximate surface area is 206 Å². The molecule has 1 aliphatic heterocycles. The first kappa shape index (κ1) is 23.8. The van der Waals surface area contributed by atoms with E-state index >= 15 is 0 Å². The molecular weight excluding hydrogens is 470 g/mol. The number of nitrogens with zero attached hydrogens (tertiary/aromatic N) is 4. The number of hydrazone groups is 1. The number of azo groups is 1. The number of methoxy groups -OCH3 is 1. The van der Waals surface area contributed by atoms with Crippen molar-refractivity contribution in [1.82, 2.24) is 5.01 Å². The molecule has 0 bridgehead atoms. The molecule has 176 valence electrons. The molecule has 1 N–H and O–H groups in total. The van der Waals surface area contributed by atoms with Crippen LogP contribution in [0.1, 0.15) is 12.0 Å². The third-order valence-corrected chi connectivity index (χ3v) is 5.28. The van der Waals surface area contributed by atoms with E-state index in [2.05, 4.69) is 20.6 Å². The van der Waals surface area contributed by atoms with Gasteiger partial charge >= 0.3 is 0 Å². The summed E-state index contributed by atoms with van der Waals surface area (Å²) < 4.78 is 5.20. The van der Waals surface area contributed by atoms with Gasteiger partial charge in [-0.25, -0.2) is 0 Å². The molecule has 3 aromatic rings. The Bertz CT molecular complexity index is 1310. The first-order valence-electron chi connectivity index (χ1n) is 10.6. The van der Waals surface area contributed by atoms with E-state index < -0.39 is 30.2 Å². The summed E-state index contributed by atoms with van der Waals surface area (Å²) in [6.07, 6.45) is -0.601. The third-order valence-electron chi connectivity index (χ3n) is 5.02. The number of hydrogen-bond donors (Lipinski definition) is 1. The molecule has 9 nitrogen and oxygen atoms in total.